The molecule has 0 radical (unpaired) electrons. The minimum absolute atomic E-state index is 0.113. The molecule has 0 saturated heterocycles. The van der Waals surface area contributed by atoms with Crippen molar-refractivity contribution < 1.29 is 28.6 Å². The molecule has 0 aliphatic carbocycles. The molecule has 338 valence electrons. The van der Waals surface area contributed by atoms with Crippen LogP contribution >= 0.6 is 0 Å². The third kappa shape index (κ3) is 45.2. The van der Waals surface area contributed by atoms with Crippen LogP contribution in [0, 0.1) is 0 Å². The fourth-order valence-corrected chi connectivity index (χ4v) is 6.00. The van der Waals surface area contributed by atoms with Gasteiger partial charge in [0.2, 0.25) is 0 Å². The highest BCUT2D eigenvalue weighted by atomic mass is 16.6. The van der Waals surface area contributed by atoms with Gasteiger partial charge in [-0.15, -0.1) is 0 Å². The van der Waals surface area contributed by atoms with Gasteiger partial charge in [0.15, 0.2) is 6.10 Å². The van der Waals surface area contributed by atoms with Crippen LogP contribution in [0.25, 0.3) is 0 Å². The Bertz CT molecular complexity index is 1280. The van der Waals surface area contributed by atoms with Gasteiger partial charge in [-0.3, -0.25) is 14.4 Å². The number of esters is 3. The molecule has 60 heavy (non-hydrogen) atoms. The highest BCUT2D eigenvalue weighted by Crippen LogP contribution is 2.13. The number of carbonyl (C=O) groups is 3. The molecule has 0 aromatic heterocycles. The van der Waals surface area contributed by atoms with Crippen molar-refractivity contribution in [2.75, 3.05) is 13.2 Å². The molecule has 1 unspecified atom stereocenters. The zero-order valence-electron chi connectivity index (χ0n) is 38.4. The number of ether oxygens (including phenoxy) is 3. The lowest BCUT2D eigenvalue weighted by atomic mass is 10.1. The first-order valence-corrected chi connectivity index (χ1v) is 23.9. The topological polar surface area (TPSA) is 78.9 Å². The quantitative estimate of drug-likeness (QED) is 0.0201. The van der Waals surface area contributed by atoms with Crippen molar-refractivity contribution in [3.8, 4) is 0 Å². The summed E-state index contributed by atoms with van der Waals surface area (Å²) in [5.41, 5.74) is 0. The standard InChI is InChI=1S/C54H86O6/c1-4-7-10-13-16-19-22-24-26-28-29-32-35-38-41-44-47-53(56)59-50-51(49-58-52(55)46-43-40-37-34-31-21-18-15-12-9-6-3)60-54(57)48-45-42-39-36-33-30-27-25-23-20-17-14-11-8-5-2/h7-8,10-11,14-20,23-24,26,29,32,38,41,51H,4-6,9,12-13,21-22,25,27-28,30-31,33-37,39-40,42-50H2,1-3H3/b10-7-,11-8-,17-14-,18-15-,19-16-,23-20-,26-24-,32-29-,41-38-. The van der Waals surface area contributed by atoms with Crippen LogP contribution in [0.5, 0.6) is 0 Å². The number of allylic oxidation sites excluding steroid dienone is 18. The van der Waals surface area contributed by atoms with Crippen LogP contribution in [-0.4, -0.2) is 37.2 Å². The fourth-order valence-electron chi connectivity index (χ4n) is 6.00. The Morgan fingerprint density at radius 3 is 1.30 bits per heavy atom. The molecule has 0 bridgehead atoms. The molecule has 0 fully saturated rings. The first-order valence-electron chi connectivity index (χ1n) is 23.9. The van der Waals surface area contributed by atoms with Gasteiger partial charge in [-0.1, -0.05) is 194 Å². The summed E-state index contributed by atoms with van der Waals surface area (Å²) < 4.78 is 16.7. The Balaban J connectivity index is 4.54. The maximum Gasteiger partial charge on any atom is 0.306 e. The van der Waals surface area contributed by atoms with Gasteiger partial charge in [0.05, 0.1) is 0 Å². The molecular weight excluding hydrogens is 745 g/mol. The smallest absolute Gasteiger partial charge is 0.306 e. The molecule has 0 aromatic carbocycles. The minimum atomic E-state index is -0.818. The van der Waals surface area contributed by atoms with Gasteiger partial charge in [-0.2, -0.15) is 0 Å². The van der Waals surface area contributed by atoms with E-state index in [1.165, 1.54) is 44.9 Å². The van der Waals surface area contributed by atoms with E-state index in [1.807, 2.05) is 12.2 Å². The first-order chi connectivity index (χ1) is 29.5. The molecule has 6 nitrogen and oxygen atoms in total. The molecule has 0 amide bonds. The Kier molecular flexibility index (Phi) is 44.6. The van der Waals surface area contributed by atoms with Crippen LogP contribution in [0.1, 0.15) is 194 Å². The Morgan fingerprint density at radius 2 is 0.767 bits per heavy atom. The first kappa shape index (κ1) is 56.1. The molecule has 0 heterocycles. The molecule has 1 atom stereocenters. The molecule has 0 aromatic rings. The van der Waals surface area contributed by atoms with E-state index in [-0.39, 0.29) is 37.5 Å². The van der Waals surface area contributed by atoms with Crippen LogP contribution in [0.15, 0.2) is 109 Å². The number of rotatable bonds is 41. The summed E-state index contributed by atoms with van der Waals surface area (Å²) in [5.74, 6) is -1.03. The second kappa shape index (κ2) is 47.7. The van der Waals surface area contributed by atoms with Gasteiger partial charge in [-0.05, 0) is 89.9 Å². The second-order valence-electron chi connectivity index (χ2n) is 15.3. The Hall–Kier alpha value is -3.93. The molecule has 0 N–H and O–H groups in total. The van der Waals surface area contributed by atoms with Crippen molar-refractivity contribution in [2.24, 2.45) is 0 Å². The third-order valence-corrected chi connectivity index (χ3v) is 9.57. The normalized spacial score (nSPS) is 13.1. The average Bonchev–Trinajstić information content (AvgIpc) is 3.24. The third-order valence-electron chi connectivity index (χ3n) is 9.57. The van der Waals surface area contributed by atoms with Crippen LogP contribution in [0.4, 0.5) is 0 Å². The second-order valence-corrected chi connectivity index (χ2v) is 15.3. The summed E-state index contributed by atoms with van der Waals surface area (Å²) in [7, 11) is 0. The monoisotopic (exact) mass is 831 g/mol. The highest BCUT2D eigenvalue weighted by molar-refractivity contribution is 5.71. The number of unbranched alkanes of at least 4 members (excludes halogenated alkanes) is 14. The SMILES string of the molecule is CC\C=C/C=C\C=C/CCCCCCCCCC(=O)OC(COC(=O)CC/C=C\C/C=C\C/C=C\C/C=C\C/C=C\CC)COC(=O)CCCCCCC/C=C\CCCC. The van der Waals surface area contributed by atoms with Gasteiger partial charge >= 0.3 is 17.9 Å². The van der Waals surface area contributed by atoms with Gasteiger partial charge < -0.3 is 14.2 Å². The molecule has 0 aliphatic rings. The van der Waals surface area contributed by atoms with Crippen LogP contribution in [0.2, 0.25) is 0 Å². The summed E-state index contributed by atoms with van der Waals surface area (Å²) in [6.07, 6.45) is 63.7. The molecule has 0 aliphatic heterocycles. The van der Waals surface area contributed by atoms with E-state index in [0.717, 1.165) is 103 Å². The zero-order chi connectivity index (χ0) is 43.7. The summed E-state index contributed by atoms with van der Waals surface area (Å²) in [6.45, 7) is 6.25. The maximum atomic E-state index is 12.8. The van der Waals surface area contributed by atoms with Crippen molar-refractivity contribution in [3.63, 3.8) is 0 Å². The van der Waals surface area contributed by atoms with Crippen LogP contribution < -0.4 is 0 Å². The van der Waals surface area contributed by atoms with Crippen molar-refractivity contribution in [1.29, 1.82) is 0 Å². The molecule has 0 spiro atoms. The van der Waals surface area contributed by atoms with Crippen molar-refractivity contribution in [2.45, 2.75) is 200 Å². The summed E-state index contributed by atoms with van der Waals surface area (Å²) in [5, 5.41) is 0. The van der Waals surface area contributed by atoms with E-state index in [4.69, 9.17) is 14.2 Å². The fraction of sp³-hybridized carbons (Fsp3) is 0.611. The lowest BCUT2D eigenvalue weighted by Gasteiger charge is -2.18. The van der Waals surface area contributed by atoms with Crippen molar-refractivity contribution in [1.82, 2.24) is 0 Å². The van der Waals surface area contributed by atoms with E-state index in [1.54, 1.807) is 0 Å². The average molecular weight is 831 g/mol. The predicted molar refractivity (Wildman–Crippen MR) is 256 cm³/mol. The van der Waals surface area contributed by atoms with Gasteiger partial charge in [0.1, 0.15) is 13.2 Å². The van der Waals surface area contributed by atoms with Gasteiger partial charge in [0.25, 0.3) is 0 Å². The summed E-state index contributed by atoms with van der Waals surface area (Å²) >= 11 is 0. The summed E-state index contributed by atoms with van der Waals surface area (Å²) in [4.78, 5) is 37.8. The van der Waals surface area contributed by atoms with Gasteiger partial charge in [-0.25, -0.2) is 0 Å². The van der Waals surface area contributed by atoms with E-state index in [9.17, 15) is 14.4 Å². The number of carbonyl (C=O) groups excluding carboxylic acids is 3. The molecule has 0 rings (SSSR count). The zero-order valence-corrected chi connectivity index (χ0v) is 38.4. The van der Waals surface area contributed by atoms with E-state index in [2.05, 4.69) is 118 Å². The molecule has 6 heteroatoms. The Labute approximate surface area is 368 Å². The van der Waals surface area contributed by atoms with Gasteiger partial charge in [0, 0.05) is 19.3 Å². The van der Waals surface area contributed by atoms with E-state index in [0.29, 0.717) is 19.3 Å². The van der Waals surface area contributed by atoms with E-state index < -0.39 is 6.10 Å². The molecule has 0 saturated carbocycles. The highest BCUT2D eigenvalue weighted by Gasteiger charge is 2.19. The Morgan fingerprint density at radius 1 is 0.367 bits per heavy atom. The molecular formula is C54H86O6. The summed E-state index contributed by atoms with van der Waals surface area (Å²) in [6, 6.07) is 0. The van der Waals surface area contributed by atoms with Crippen LogP contribution in [0.3, 0.4) is 0 Å². The lowest BCUT2D eigenvalue weighted by Crippen LogP contribution is -2.30. The number of hydrogen-bond acceptors (Lipinski definition) is 6. The predicted octanol–water partition coefficient (Wildman–Crippen LogP) is 15.6. The lowest BCUT2D eigenvalue weighted by molar-refractivity contribution is -0.166. The minimum Gasteiger partial charge on any atom is -0.462 e. The number of hydrogen-bond donors (Lipinski definition) is 0. The van der Waals surface area contributed by atoms with Crippen molar-refractivity contribution >= 4 is 17.9 Å². The van der Waals surface area contributed by atoms with Crippen molar-refractivity contribution in [3.05, 3.63) is 109 Å². The van der Waals surface area contributed by atoms with E-state index >= 15 is 0 Å². The largest absolute Gasteiger partial charge is 0.462 e. The maximum absolute atomic E-state index is 12.8. The van der Waals surface area contributed by atoms with Crippen LogP contribution in [-0.2, 0) is 28.6 Å².